The first kappa shape index (κ1) is 59.5. The van der Waals surface area contributed by atoms with E-state index < -0.39 is 67.5 Å². The van der Waals surface area contributed by atoms with Gasteiger partial charge in [-0.3, -0.25) is 0 Å². The van der Waals surface area contributed by atoms with Crippen molar-refractivity contribution in [1.29, 1.82) is 0 Å². The summed E-state index contributed by atoms with van der Waals surface area (Å²) in [6.45, 7) is 1.49. The van der Waals surface area contributed by atoms with E-state index >= 15 is 0 Å². The maximum atomic E-state index is 12.7. The van der Waals surface area contributed by atoms with Gasteiger partial charge in [-0.15, -0.1) is 0 Å². The normalized spacial score (nSPS) is 17.8. The highest BCUT2D eigenvalue weighted by Crippen LogP contribution is 2.33. The molecule has 10 atom stereocenters. The largest absolute Gasteiger partial charge is 0.481 e. The highest BCUT2D eigenvalue weighted by molar-refractivity contribution is 5.19. The predicted octanol–water partition coefficient (Wildman–Crippen LogP) is 10.8. The van der Waals surface area contributed by atoms with Gasteiger partial charge in [-0.1, -0.05) is 212 Å². The SMILES string of the molecule is O/C(=C\[C@@H](CCOCc1ccccc1)O[C@H](O)C(OCc1ccccc1)C(O[C@H](O)C(O)C(OCc1ccccc1)[C@H](CCOCc1ccccc1)OCc1ccccc1)[C@H]1CCOC(c2ccccc2)O1)OCc1ccccc1. The standard InChI is InChI=1S/C66H74O14/c67-59(75-46-52-28-14-4-15-29-52)42-56(36-39-71-43-49-22-8-1-9-23-49)78-65(70)63(77-48-54-32-18-6-19-33-54)62(58-38-41-73-66(79-58)55-34-20-7-21-35-55)80-64(69)60(68)61(76-47-53-30-16-5-17-31-53)57(74-45-51-26-12-3-13-27-51)37-40-72-44-50-24-10-2-11-25-50/h1-35,42,56-58,60-70H,36-41,43-48H2/b59-42+/t56-,57+,58-,60?,61?,62?,63?,64+,65+,66?/m1/s1. The molecule has 1 heterocycles. The van der Waals surface area contributed by atoms with Crippen LogP contribution in [-0.2, 0) is 87.0 Å². The molecule has 14 nitrogen and oxygen atoms in total. The van der Waals surface area contributed by atoms with Crippen LogP contribution in [0, 0.1) is 0 Å². The third kappa shape index (κ3) is 19.9. The van der Waals surface area contributed by atoms with Gasteiger partial charge in [0, 0.05) is 31.3 Å². The third-order valence-corrected chi connectivity index (χ3v) is 13.4. The van der Waals surface area contributed by atoms with Crippen molar-refractivity contribution in [2.24, 2.45) is 0 Å². The summed E-state index contributed by atoms with van der Waals surface area (Å²) in [7, 11) is 0. The summed E-state index contributed by atoms with van der Waals surface area (Å²) in [5.41, 5.74) is 5.99. The van der Waals surface area contributed by atoms with Crippen LogP contribution in [0.25, 0.3) is 0 Å². The van der Waals surface area contributed by atoms with E-state index in [9.17, 15) is 20.4 Å². The highest BCUT2D eigenvalue weighted by Gasteiger charge is 2.45. The molecule has 1 aliphatic rings. The molecule has 0 amide bonds. The van der Waals surface area contributed by atoms with Crippen molar-refractivity contribution in [2.75, 3.05) is 19.8 Å². The summed E-state index contributed by atoms with van der Waals surface area (Å²) >= 11 is 0. The van der Waals surface area contributed by atoms with Gasteiger partial charge in [-0.25, -0.2) is 0 Å². The maximum Gasteiger partial charge on any atom is 0.275 e. The second-order valence-corrected chi connectivity index (χ2v) is 19.4. The van der Waals surface area contributed by atoms with Crippen LogP contribution in [0.2, 0.25) is 0 Å². The lowest BCUT2D eigenvalue weighted by molar-refractivity contribution is -0.318. The molecule has 0 aliphatic carbocycles. The van der Waals surface area contributed by atoms with E-state index in [0.29, 0.717) is 13.2 Å². The molecule has 80 heavy (non-hydrogen) atoms. The molecule has 0 radical (unpaired) electrons. The van der Waals surface area contributed by atoms with E-state index in [1.54, 1.807) is 0 Å². The van der Waals surface area contributed by atoms with Gasteiger partial charge >= 0.3 is 0 Å². The molecule has 0 spiro atoms. The monoisotopic (exact) mass is 1090 g/mol. The number of benzene rings is 7. The lowest BCUT2D eigenvalue weighted by Gasteiger charge is -2.42. The second kappa shape index (κ2) is 33.2. The summed E-state index contributed by atoms with van der Waals surface area (Å²) < 4.78 is 64.1. The molecule has 7 aromatic rings. The fourth-order valence-corrected chi connectivity index (χ4v) is 9.10. The van der Waals surface area contributed by atoms with Crippen LogP contribution in [0.1, 0.15) is 64.5 Å². The van der Waals surface area contributed by atoms with E-state index in [0.717, 1.165) is 38.9 Å². The first-order valence-corrected chi connectivity index (χ1v) is 27.3. The van der Waals surface area contributed by atoms with Gasteiger partial charge in [0.2, 0.25) is 0 Å². The lowest BCUT2D eigenvalue weighted by Crippen LogP contribution is -2.56. The molecule has 0 aromatic heterocycles. The van der Waals surface area contributed by atoms with Gasteiger partial charge in [0.1, 0.15) is 31.0 Å². The zero-order valence-electron chi connectivity index (χ0n) is 44.9. The quantitative estimate of drug-likeness (QED) is 0.0170. The van der Waals surface area contributed by atoms with E-state index in [-0.39, 0.29) is 65.5 Å². The first-order chi connectivity index (χ1) is 39.3. The van der Waals surface area contributed by atoms with Crippen LogP contribution in [-0.4, -0.2) is 95.6 Å². The van der Waals surface area contributed by atoms with Crippen molar-refractivity contribution >= 4 is 0 Å². The predicted molar refractivity (Wildman–Crippen MR) is 301 cm³/mol. The fourth-order valence-electron chi connectivity index (χ4n) is 9.10. The molecule has 1 fully saturated rings. The van der Waals surface area contributed by atoms with Crippen LogP contribution in [0.5, 0.6) is 0 Å². The van der Waals surface area contributed by atoms with Gasteiger partial charge < -0.3 is 67.8 Å². The molecule has 8 rings (SSSR count). The highest BCUT2D eigenvalue weighted by atomic mass is 16.7. The number of hydrogen-bond donors (Lipinski definition) is 4. The Labute approximate surface area is 469 Å². The lowest BCUT2D eigenvalue weighted by atomic mass is 10.0. The van der Waals surface area contributed by atoms with Crippen LogP contribution in [0.15, 0.2) is 224 Å². The van der Waals surface area contributed by atoms with Crippen molar-refractivity contribution in [2.45, 2.75) is 121 Å². The van der Waals surface area contributed by atoms with Gasteiger partial charge in [-0.2, -0.15) is 0 Å². The zero-order chi connectivity index (χ0) is 55.4. The van der Waals surface area contributed by atoms with E-state index in [1.807, 2.05) is 212 Å². The maximum absolute atomic E-state index is 12.7. The molecule has 4 N–H and O–H groups in total. The average molecular weight is 1090 g/mol. The minimum atomic E-state index is -2.01. The zero-order valence-corrected chi connectivity index (χ0v) is 44.9. The van der Waals surface area contributed by atoms with Crippen molar-refractivity contribution in [1.82, 2.24) is 0 Å². The Morgan fingerprint density at radius 1 is 0.475 bits per heavy atom. The molecular formula is C66H74O14. The second-order valence-electron chi connectivity index (χ2n) is 19.4. The molecule has 7 aromatic carbocycles. The Hall–Kier alpha value is -6.60. The molecule has 5 unspecified atom stereocenters. The van der Waals surface area contributed by atoms with E-state index in [1.165, 1.54) is 6.08 Å². The fraction of sp³-hybridized carbons (Fsp3) is 0.333. The third-order valence-electron chi connectivity index (χ3n) is 13.4. The molecule has 1 aliphatic heterocycles. The van der Waals surface area contributed by atoms with Crippen LogP contribution >= 0.6 is 0 Å². The van der Waals surface area contributed by atoms with E-state index in [2.05, 4.69) is 0 Å². The van der Waals surface area contributed by atoms with Crippen molar-refractivity contribution in [3.63, 3.8) is 0 Å². The van der Waals surface area contributed by atoms with Crippen molar-refractivity contribution in [3.05, 3.63) is 263 Å². The van der Waals surface area contributed by atoms with Crippen molar-refractivity contribution < 1.29 is 67.8 Å². The average Bonchev–Trinajstić information content (AvgIpc) is 3.51. The summed E-state index contributed by atoms with van der Waals surface area (Å²) in [6, 6.07) is 66.8. The Bertz CT molecular complexity index is 2750. The number of aliphatic hydroxyl groups excluding tert-OH is 4. The summed E-state index contributed by atoms with van der Waals surface area (Å²) in [4.78, 5) is 0. The van der Waals surface area contributed by atoms with E-state index in [4.69, 9.17) is 47.4 Å². The Kier molecular flexibility index (Phi) is 24.7. The topological polar surface area (TPSA) is 173 Å². The minimum absolute atomic E-state index is 0.0386. The van der Waals surface area contributed by atoms with Gasteiger partial charge in [0.15, 0.2) is 18.9 Å². The summed E-state index contributed by atoms with van der Waals surface area (Å²) in [5, 5.41) is 49.1. The first-order valence-electron chi connectivity index (χ1n) is 27.3. The van der Waals surface area contributed by atoms with Gasteiger partial charge in [0.05, 0.1) is 58.0 Å². The summed E-state index contributed by atoms with van der Waals surface area (Å²) in [6.07, 6.45) is -11.3. The number of rotatable bonds is 34. The Morgan fingerprint density at radius 3 is 1.40 bits per heavy atom. The number of aliphatic hydroxyl groups is 4. The van der Waals surface area contributed by atoms with Gasteiger partial charge in [-0.05, 0) is 46.2 Å². The molecule has 0 bridgehead atoms. The Morgan fingerprint density at radius 2 is 0.900 bits per heavy atom. The number of ether oxygens (including phenoxy) is 10. The molecule has 14 heteroatoms. The van der Waals surface area contributed by atoms with Crippen molar-refractivity contribution in [3.8, 4) is 0 Å². The minimum Gasteiger partial charge on any atom is -0.481 e. The summed E-state index contributed by atoms with van der Waals surface area (Å²) in [5.74, 6) is -0.434. The molecule has 0 saturated carbocycles. The molecule has 422 valence electrons. The molecular weight excluding hydrogens is 1020 g/mol. The number of hydrogen-bond acceptors (Lipinski definition) is 14. The molecule has 1 saturated heterocycles. The smallest absolute Gasteiger partial charge is 0.275 e. The van der Waals surface area contributed by atoms with Gasteiger partial charge in [0.25, 0.3) is 5.95 Å². The van der Waals surface area contributed by atoms with Crippen LogP contribution in [0.4, 0.5) is 0 Å². The van der Waals surface area contributed by atoms with Crippen LogP contribution in [0.3, 0.4) is 0 Å². The Balaban J connectivity index is 1.11. The van der Waals surface area contributed by atoms with Crippen LogP contribution < -0.4 is 0 Å².